The Morgan fingerprint density at radius 1 is 1.32 bits per heavy atom. The van der Waals surface area contributed by atoms with Crippen molar-refractivity contribution in [2.24, 2.45) is 5.92 Å². The van der Waals surface area contributed by atoms with Crippen molar-refractivity contribution >= 4 is 11.6 Å². The van der Waals surface area contributed by atoms with Gasteiger partial charge in [0.2, 0.25) is 0 Å². The molecule has 1 aliphatic rings. The predicted octanol–water partition coefficient (Wildman–Crippen LogP) is 4.58. The molecule has 19 heavy (non-hydrogen) atoms. The van der Waals surface area contributed by atoms with Crippen LogP contribution in [0.1, 0.15) is 44.6 Å². The monoisotopic (exact) mass is 283 g/mol. The van der Waals surface area contributed by atoms with E-state index in [1.807, 2.05) is 6.07 Å². The van der Waals surface area contributed by atoms with Crippen LogP contribution >= 0.6 is 11.6 Å². The lowest BCUT2D eigenvalue weighted by Crippen LogP contribution is -2.39. The molecule has 1 aliphatic carbocycles. The Bertz CT molecular complexity index is 408. The highest BCUT2D eigenvalue weighted by atomic mass is 35.5. The first-order valence-corrected chi connectivity index (χ1v) is 7.75. The van der Waals surface area contributed by atoms with Crippen molar-refractivity contribution in [3.63, 3.8) is 0 Å². The fraction of sp³-hybridized carbons (Fsp3) is 0.625. The van der Waals surface area contributed by atoms with E-state index in [1.165, 1.54) is 32.1 Å². The van der Waals surface area contributed by atoms with Crippen LogP contribution in [0.2, 0.25) is 5.02 Å². The molecule has 0 aromatic heterocycles. The lowest BCUT2D eigenvalue weighted by molar-refractivity contribution is 0.261. The molecule has 0 aliphatic heterocycles. The minimum Gasteiger partial charge on any atom is -0.314 e. The van der Waals surface area contributed by atoms with Crippen LogP contribution in [-0.4, -0.2) is 12.6 Å². The maximum Gasteiger partial charge on any atom is 0.142 e. The van der Waals surface area contributed by atoms with Crippen LogP contribution in [0, 0.1) is 11.7 Å². The maximum atomic E-state index is 13.5. The highest BCUT2D eigenvalue weighted by Gasteiger charge is 2.24. The van der Waals surface area contributed by atoms with E-state index >= 15 is 0 Å². The molecule has 1 aromatic rings. The smallest absolute Gasteiger partial charge is 0.142 e. The highest BCUT2D eigenvalue weighted by molar-refractivity contribution is 6.30. The molecule has 0 heterocycles. The molecule has 1 N–H and O–H groups in total. The zero-order valence-electron chi connectivity index (χ0n) is 11.6. The van der Waals surface area contributed by atoms with E-state index in [4.69, 9.17) is 11.6 Å². The molecule has 0 spiro atoms. The highest BCUT2D eigenvalue weighted by Crippen LogP contribution is 2.28. The maximum absolute atomic E-state index is 13.5. The number of benzene rings is 1. The summed E-state index contributed by atoms with van der Waals surface area (Å²) >= 11 is 5.73. The normalized spacial score (nSPS) is 23.5. The average Bonchev–Trinajstić information content (AvgIpc) is 2.42. The van der Waals surface area contributed by atoms with E-state index in [9.17, 15) is 4.39 Å². The summed E-state index contributed by atoms with van der Waals surface area (Å²) in [5.41, 5.74) is 1.07. The Balaban J connectivity index is 1.99. The van der Waals surface area contributed by atoms with Crippen LogP contribution in [0.25, 0.3) is 0 Å². The first-order valence-electron chi connectivity index (χ1n) is 7.38. The summed E-state index contributed by atoms with van der Waals surface area (Å²) < 4.78 is 13.5. The number of hydrogen-bond acceptors (Lipinski definition) is 1. The summed E-state index contributed by atoms with van der Waals surface area (Å²) in [5.74, 6) is 0.328. The Morgan fingerprint density at radius 2 is 2.11 bits per heavy atom. The van der Waals surface area contributed by atoms with Gasteiger partial charge in [-0.1, -0.05) is 37.4 Å². The topological polar surface area (TPSA) is 12.0 Å². The molecule has 2 atom stereocenters. The van der Waals surface area contributed by atoms with Crippen molar-refractivity contribution < 1.29 is 4.39 Å². The van der Waals surface area contributed by atoms with E-state index in [2.05, 4.69) is 12.2 Å². The molecule has 1 nitrogen and oxygen atoms in total. The summed E-state index contributed by atoms with van der Waals surface area (Å²) in [6.07, 6.45) is 7.22. The summed E-state index contributed by atoms with van der Waals surface area (Å²) in [6, 6.07) is 5.81. The van der Waals surface area contributed by atoms with E-state index in [0.29, 0.717) is 12.0 Å². The molecule has 1 fully saturated rings. The summed E-state index contributed by atoms with van der Waals surface area (Å²) in [6.45, 7) is 3.27. The molecule has 0 amide bonds. The number of rotatable bonds is 5. The number of halogens is 2. The SMILES string of the molecule is CCCNC1CCCCC1Cc1ccc(Cl)c(F)c1. The van der Waals surface area contributed by atoms with Gasteiger partial charge in [0.15, 0.2) is 0 Å². The van der Waals surface area contributed by atoms with Crippen LogP contribution in [-0.2, 0) is 6.42 Å². The third-order valence-electron chi connectivity index (χ3n) is 4.05. The zero-order valence-corrected chi connectivity index (χ0v) is 12.3. The summed E-state index contributed by atoms with van der Waals surface area (Å²) in [7, 11) is 0. The van der Waals surface area contributed by atoms with Crippen molar-refractivity contribution in [3.05, 3.63) is 34.6 Å². The second-order valence-electron chi connectivity index (χ2n) is 5.56. The van der Waals surface area contributed by atoms with E-state index in [0.717, 1.165) is 18.5 Å². The molecule has 0 bridgehead atoms. The summed E-state index contributed by atoms with van der Waals surface area (Å²) in [5, 5.41) is 3.86. The Labute approximate surface area is 120 Å². The molecular weight excluding hydrogens is 261 g/mol. The van der Waals surface area contributed by atoms with E-state index in [1.54, 1.807) is 12.1 Å². The van der Waals surface area contributed by atoms with Gasteiger partial charge in [0.05, 0.1) is 5.02 Å². The molecule has 106 valence electrons. The van der Waals surface area contributed by atoms with Crippen LogP contribution in [0.3, 0.4) is 0 Å². The number of nitrogens with one attached hydrogen (secondary N) is 1. The summed E-state index contributed by atoms with van der Waals surface area (Å²) in [4.78, 5) is 0. The fourth-order valence-electron chi connectivity index (χ4n) is 3.02. The predicted molar refractivity (Wildman–Crippen MR) is 79.2 cm³/mol. The van der Waals surface area contributed by atoms with Gasteiger partial charge >= 0.3 is 0 Å². The third kappa shape index (κ3) is 4.19. The lowest BCUT2D eigenvalue weighted by atomic mass is 9.80. The minimum atomic E-state index is -0.298. The Kier molecular flexibility index (Phi) is 5.65. The third-order valence-corrected chi connectivity index (χ3v) is 4.35. The molecular formula is C16H23ClFN. The van der Waals surface area contributed by atoms with Gasteiger partial charge in [-0.05, 0) is 55.8 Å². The molecule has 3 heteroatoms. The van der Waals surface area contributed by atoms with Crippen molar-refractivity contribution in [3.8, 4) is 0 Å². The number of hydrogen-bond donors (Lipinski definition) is 1. The standard InChI is InChI=1S/C16H23ClFN/c1-2-9-19-16-6-4-3-5-13(16)10-12-7-8-14(17)15(18)11-12/h7-8,11,13,16,19H,2-6,9-10H2,1H3. The molecule has 1 saturated carbocycles. The van der Waals surface area contributed by atoms with E-state index < -0.39 is 0 Å². The van der Waals surface area contributed by atoms with Gasteiger partial charge in [-0.3, -0.25) is 0 Å². The first kappa shape index (κ1) is 14.8. The van der Waals surface area contributed by atoms with Crippen molar-refractivity contribution in [2.75, 3.05) is 6.54 Å². The van der Waals surface area contributed by atoms with Gasteiger partial charge in [-0.25, -0.2) is 4.39 Å². The molecule has 0 radical (unpaired) electrons. The van der Waals surface area contributed by atoms with Crippen molar-refractivity contribution in [1.29, 1.82) is 0 Å². The molecule has 0 saturated heterocycles. The Morgan fingerprint density at radius 3 is 2.84 bits per heavy atom. The van der Waals surface area contributed by atoms with Gasteiger partial charge in [0, 0.05) is 6.04 Å². The largest absolute Gasteiger partial charge is 0.314 e. The average molecular weight is 284 g/mol. The van der Waals surface area contributed by atoms with Crippen LogP contribution < -0.4 is 5.32 Å². The quantitative estimate of drug-likeness (QED) is 0.834. The molecule has 2 rings (SSSR count). The lowest BCUT2D eigenvalue weighted by Gasteiger charge is -2.32. The van der Waals surface area contributed by atoms with Gasteiger partial charge in [-0.2, -0.15) is 0 Å². The van der Waals surface area contributed by atoms with Crippen LogP contribution in [0.5, 0.6) is 0 Å². The molecule has 1 aromatic carbocycles. The van der Waals surface area contributed by atoms with Gasteiger partial charge in [-0.15, -0.1) is 0 Å². The second-order valence-corrected chi connectivity index (χ2v) is 5.96. The van der Waals surface area contributed by atoms with Gasteiger partial charge < -0.3 is 5.32 Å². The molecule has 2 unspecified atom stereocenters. The van der Waals surface area contributed by atoms with Crippen molar-refractivity contribution in [2.45, 2.75) is 51.5 Å². The fourth-order valence-corrected chi connectivity index (χ4v) is 3.14. The van der Waals surface area contributed by atoms with Gasteiger partial charge in [0.25, 0.3) is 0 Å². The minimum absolute atomic E-state index is 0.216. The van der Waals surface area contributed by atoms with Crippen LogP contribution in [0.15, 0.2) is 18.2 Å². The second kappa shape index (κ2) is 7.25. The Hall–Kier alpha value is -0.600. The van der Waals surface area contributed by atoms with Gasteiger partial charge in [0.1, 0.15) is 5.82 Å². The van der Waals surface area contributed by atoms with Crippen molar-refractivity contribution in [1.82, 2.24) is 5.32 Å². The van der Waals surface area contributed by atoms with E-state index in [-0.39, 0.29) is 10.8 Å². The first-order chi connectivity index (χ1) is 9.20. The van der Waals surface area contributed by atoms with Crippen LogP contribution in [0.4, 0.5) is 4.39 Å². The zero-order chi connectivity index (χ0) is 13.7.